The van der Waals surface area contributed by atoms with Crippen molar-refractivity contribution in [3.63, 3.8) is 0 Å². The van der Waals surface area contributed by atoms with Crippen molar-refractivity contribution in [2.75, 3.05) is 7.11 Å². The van der Waals surface area contributed by atoms with Crippen LogP contribution in [0.3, 0.4) is 0 Å². The van der Waals surface area contributed by atoms with Crippen LogP contribution in [-0.2, 0) is 22.6 Å². The summed E-state index contributed by atoms with van der Waals surface area (Å²) >= 11 is 8.48. The topological polar surface area (TPSA) is 65.6 Å². The minimum atomic E-state index is -0.650. The zero-order valence-corrected chi connectivity index (χ0v) is 16.9. The van der Waals surface area contributed by atoms with Crippen LogP contribution in [0.4, 0.5) is 10.1 Å². The lowest BCUT2D eigenvalue weighted by atomic mass is 10.3. The Morgan fingerprint density at radius 1 is 1.33 bits per heavy atom. The molecule has 0 bridgehead atoms. The maximum absolute atomic E-state index is 14.5. The molecule has 0 spiro atoms. The first-order valence-electron chi connectivity index (χ1n) is 8.55. The predicted molar refractivity (Wildman–Crippen MR) is 102 cm³/mol. The summed E-state index contributed by atoms with van der Waals surface area (Å²) in [5.41, 5.74) is 0.102. The summed E-state index contributed by atoms with van der Waals surface area (Å²) < 4.78 is 22.1. The number of thioether (sulfide) groups is 1. The number of methoxy groups -OCH3 is 1. The van der Waals surface area contributed by atoms with Gasteiger partial charge >= 0.3 is 10.8 Å². The van der Waals surface area contributed by atoms with Crippen molar-refractivity contribution in [2.45, 2.75) is 48.4 Å². The molecule has 2 aromatic rings. The predicted octanol–water partition coefficient (Wildman–Crippen LogP) is 3.33. The normalized spacial score (nSPS) is 18.3. The van der Waals surface area contributed by atoms with Gasteiger partial charge in [-0.3, -0.25) is 14.3 Å². The van der Waals surface area contributed by atoms with Crippen LogP contribution in [0.25, 0.3) is 0 Å². The minimum Gasteiger partial charge on any atom is -0.468 e. The van der Waals surface area contributed by atoms with Crippen molar-refractivity contribution >= 4 is 46.4 Å². The number of hydrogen-bond donors (Lipinski definition) is 0. The van der Waals surface area contributed by atoms with Gasteiger partial charge in [0.05, 0.1) is 12.1 Å². The number of rotatable bonds is 4. The summed E-state index contributed by atoms with van der Waals surface area (Å²) in [6, 6.07) is 2.74. The van der Waals surface area contributed by atoms with E-state index in [4.69, 9.17) is 16.3 Å². The molecule has 0 amide bonds. The van der Waals surface area contributed by atoms with E-state index < -0.39 is 10.6 Å². The first kappa shape index (κ1) is 18.8. The van der Waals surface area contributed by atoms with Gasteiger partial charge < -0.3 is 4.74 Å². The van der Waals surface area contributed by atoms with Gasteiger partial charge in [0, 0.05) is 18.0 Å². The monoisotopic (exact) mass is 429 g/mol. The Balaban J connectivity index is 1.75. The lowest BCUT2D eigenvalue weighted by molar-refractivity contribution is -0.140. The third-order valence-corrected chi connectivity index (χ3v) is 7.49. The highest BCUT2D eigenvalue weighted by Crippen LogP contribution is 2.54. The van der Waals surface area contributed by atoms with Crippen LogP contribution in [0.1, 0.15) is 25.7 Å². The minimum absolute atomic E-state index is 0.0972. The molecule has 4 rings (SSSR count). The van der Waals surface area contributed by atoms with E-state index in [2.05, 4.69) is 4.99 Å². The molecule has 0 saturated heterocycles. The number of carbonyl (C=O) groups excluding carboxylic acids is 1. The van der Waals surface area contributed by atoms with Gasteiger partial charge in [-0.1, -0.05) is 11.6 Å². The molecule has 0 unspecified atom stereocenters. The van der Waals surface area contributed by atoms with E-state index in [0.717, 1.165) is 24.2 Å². The number of aromatic nitrogens is 2. The second kappa shape index (κ2) is 7.10. The zero-order chi connectivity index (χ0) is 19.2. The molecular formula is C17H17ClFN3O3S2. The van der Waals surface area contributed by atoms with E-state index in [-0.39, 0.29) is 21.6 Å². The maximum Gasteiger partial charge on any atom is 0.325 e. The van der Waals surface area contributed by atoms with Crippen molar-refractivity contribution in [3.8, 4) is 0 Å². The van der Waals surface area contributed by atoms with Gasteiger partial charge in [0.1, 0.15) is 16.3 Å². The first-order valence-corrected chi connectivity index (χ1v) is 10.6. The van der Waals surface area contributed by atoms with Crippen molar-refractivity contribution < 1.29 is 13.9 Å². The molecule has 1 aromatic carbocycles. The van der Waals surface area contributed by atoms with E-state index >= 15 is 0 Å². The molecule has 144 valence electrons. The number of carbonyl (C=O) groups is 1. The van der Waals surface area contributed by atoms with Crippen LogP contribution >= 0.6 is 34.7 Å². The Bertz CT molecular complexity index is 1040. The number of fused-ring (bicyclic) bond motifs is 1. The van der Waals surface area contributed by atoms with Crippen LogP contribution in [-0.4, -0.2) is 27.2 Å². The van der Waals surface area contributed by atoms with Gasteiger partial charge in [0.15, 0.2) is 0 Å². The fourth-order valence-corrected chi connectivity index (χ4v) is 5.44. The number of halogens is 2. The average Bonchev–Trinajstić information content (AvgIpc) is 3.38. The van der Waals surface area contributed by atoms with E-state index in [9.17, 15) is 14.0 Å². The Hall–Kier alpha value is -1.58. The van der Waals surface area contributed by atoms with Gasteiger partial charge in [-0.25, -0.2) is 14.1 Å². The van der Waals surface area contributed by atoms with Crippen molar-refractivity contribution in [2.24, 2.45) is 4.99 Å². The van der Waals surface area contributed by atoms with Crippen LogP contribution in [0.15, 0.2) is 26.8 Å². The highest BCUT2D eigenvalue weighted by molar-refractivity contribution is 8.01. The van der Waals surface area contributed by atoms with Crippen molar-refractivity contribution in [1.82, 2.24) is 9.36 Å². The fourth-order valence-electron chi connectivity index (χ4n) is 3.06. The molecule has 10 heteroatoms. The van der Waals surface area contributed by atoms with Crippen LogP contribution in [0, 0.1) is 5.82 Å². The Morgan fingerprint density at radius 3 is 2.70 bits per heavy atom. The lowest BCUT2D eigenvalue weighted by Crippen LogP contribution is -2.31. The van der Waals surface area contributed by atoms with Crippen LogP contribution < -0.4 is 9.67 Å². The molecule has 27 heavy (non-hydrogen) atoms. The smallest absolute Gasteiger partial charge is 0.325 e. The molecule has 1 fully saturated rings. The highest BCUT2D eigenvalue weighted by atomic mass is 35.5. The Morgan fingerprint density at radius 2 is 2.04 bits per heavy atom. The summed E-state index contributed by atoms with van der Waals surface area (Å²) in [5, 5.41) is 0.228. The molecule has 2 heterocycles. The fraction of sp³-hybridized carbons (Fsp3) is 0.471. The molecular weight excluding hydrogens is 413 g/mol. The molecule has 1 aromatic heterocycles. The molecule has 1 saturated carbocycles. The first-order chi connectivity index (χ1) is 12.9. The molecule has 0 radical (unpaired) electrons. The number of ether oxygens (including phenoxy) is 1. The SMILES string of the molecule is COC(=O)C1(Sc2cc(/N=c3/sc(=O)n4n3CCCC4)c(F)cc2Cl)CC1. The van der Waals surface area contributed by atoms with E-state index in [1.54, 1.807) is 9.36 Å². The summed E-state index contributed by atoms with van der Waals surface area (Å²) in [7, 11) is 1.35. The average molecular weight is 430 g/mol. The van der Waals surface area contributed by atoms with E-state index in [0.29, 0.717) is 35.6 Å². The van der Waals surface area contributed by atoms with Gasteiger partial charge in [-0.05, 0) is 49.2 Å². The standard InChI is InChI=1S/C17H17ClFN3O3S2/c1-25-14(23)17(4-5-17)27-13-9-12(11(19)8-10(13)18)20-15-21-6-2-3-7-22(21)16(24)26-15/h8-9H,2-7H2,1H3/b20-15+. The third-order valence-electron chi connectivity index (χ3n) is 4.68. The Kier molecular flexibility index (Phi) is 4.94. The molecule has 2 aliphatic rings. The summed E-state index contributed by atoms with van der Waals surface area (Å²) in [5.74, 6) is -0.870. The van der Waals surface area contributed by atoms with E-state index in [1.807, 2.05) is 0 Å². The van der Waals surface area contributed by atoms with Crippen molar-refractivity contribution in [3.05, 3.63) is 37.4 Å². The zero-order valence-electron chi connectivity index (χ0n) is 14.5. The summed E-state index contributed by atoms with van der Waals surface area (Å²) in [4.78, 5) is 29.4. The highest BCUT2D eigenvalue weighted by Gasteiger charge is 2.52. The van der Waals surface area contributed by atoms with Crippen molar-refractivity contribution in [1.29, 1.82) is 0 Å². The second-order valence-corrected chi connectivity index (χ2v) is 9.29. The molecule has 0 N–H and O–H groups in total. The van der Waals surface area contributed by atoms with Gasteiger partial charge in [-0.2, -0.15) is 0 Å². The maximum atomic E-state index is 14.5. The molecule has 1 aliphatic carbocycles. The van der Waals surface area contributed by atoms with Crippen LogP contribution in [0.5, 0.6) is 0 Å². The molecule has 6 nitrogen and oxygen atoms in total. The van der Waals surface area contributed by atoms with Gasteiger partial charge in [-0.15, -0.1) is 11.8 Å². The largest absolute Gasteiger partial charge is 0.468 e. The summed E-state index contributed by atoms with van der Waals surface area (Å²) in [6.07, 6.45) is 3.28. The lowest BCUT2D eigenvalue weighted by Gasteiger charge is -2.16. The third kappa shape index (κ3) is 3.48. The number of hydrogen-bond acceptors (Lipinski definition) is 6. The van der Waals surface area contributed by atoms with Crippen LogP contribution in [0.2, 0.25) is 5.02 Å². The van der Waals surface area contributed by atoms with Gasteiger partial charge in [0.2, 0.25) is 4.80 Å². The molecule has 0 atom stereocenters. The number of esters is 1. The van der Waals surface area contributed by atoms with E-state index in [1.165, 1.54) is 31.0 Å². The number of benzene rings is 1. The second-order valence-electron chi connectivity index (χ2n) is 6.54. The quantitative estimate of drug-likeness (QED) is 0.699. The molecule has 1 aliphatic heterocycles. The Labute approximate surface area is 167 Å². The van der Waals surface area contributed by atoms with Gasteiger partial charge in [0.25, 0.3) is 0 Å². The summed E-state index contributed by atoms with van der Waals surface area (Å²) in [6.45, 7) is 1.33. The number of nitrogens with zero attached hydrogens (tertiary/aromatic N) is 3.